The first kappa shape index (κ1) is 31.2. The molecule has 0 radical (unpaired) electrons. The number of ether oxygens (including phenoxy) is 2. The van der Waals surface area contributed by atoms with Crippen LogP contribution >= 0.6 is 22.9 Å². The molecule has 48 heavy (non-hydrogen) atoms. The lowest BCUT2D eigenvalue weighted by Crippen LogP contribution is -2.40. The van der Waals surface area contributed by atoms with Crippen molar-refractivity contribution in [1.29, 1.82) is 0 Å². The van der Waals surface area contributed by atoms with E-state index in [1.165, 1.54) is 11.3 Å². The smallest absolute Gasteiger partial charge is 0.271 e. The number of nitrogens with one attached hydrogen (secondary N) is 1. The zero-order valence-corrected chi connectivity index (χ0v) is 27.7. The summed E-state index contributed by atoms with van der Waals surface area (Å²) in [5.41, 5.74) is 3.66. The highest BCUT2D eigenvalue weighted by Gasteiger charge is 2.33. The van der Waals surface area contributed by atoms with Gasteiger partial charge in [0.2, 0.25) is 0 Å². The normalized spacial score (nSPS) is 14.4. The van der Waals surface area contributed by atoms with Crippen LogP contribution in [0.3, 0.4) is 0 Å². The van der Waals surface area contributed by atoms with Crippen LogP contribution in [0, 0.1) is 0 Å². The number of allylic oxidation sites excluding steroid dienone is 1. The fourth-order valence-corrected chi connectivity index (χ4v) is 7.16. The number of hydrogen-bond donors (Lipinski definition) is 1. The van der Waals surface area contributed by atoms with Crippen LogP contribution in [0.25, 0.3) is 16.8 Å². The molecule has 1 atom stereocenters. The number of amides is 1. The van der Waals surface area contributed by atoms with E-state index in [0.29, 0.717) is 55.0 Å². The monoisotopic (exact) mass is 671 g/mol. The molecule has 0 spiro atoms. The summed E-state index contributed by atoms with van der Waals surface area (Å²) in [6.07, 6.45) is 1.78. The summed E-state index contributed by atoms with van der Waals surface area (Å²) in [5, 5.41) is 5.74. The van der Waals surface area contributed by atoms with Crippen LogP contribution in [-0.2, 0) is 11.4 Å². The molecule has 1 aliphatic heterocycles. The van der Waals surface area contributed by atoms with Gasteiger partial charge < -0.3 is 14.8 Å². The van der Waals surface area contributed by atoms with Gasteiger partial charge in [-0.3, -0.25) is 14.2 Å². The Hall–Kier alpha value is -5.44. The number of carbonyl (C=O) groups excluding carboxylic acids is 1. The van der Waals surface area contributed by atoms with Gasteiger partial charge in [-0.05, 0) is 77.4 Å². The third-order valence-corrected chi connectivity index (χ3v) is 9.45. The molecule has 0 fully saturated rings. The predicted octanol–water partition coefficient (Wildman–Crippen LogP) is 7.27. The fourth-order valence-electron chi connectivity index (χ4n) is 5.94. The molecule has 6 aromatic rings. The number of nitrogens with zero attached hydrogens (tertiary/aromatic N) is 2. The number of fused-ring (bicyclic) bond motifs is 2. The zero-order chi connectivity index (χ0) is 33.2. The number of carbonyl (C=O) groups is 1. The van der Waals surface area contributed by atoms with Crippen LogP contribution in [0.2, 0.25) is 5.02 Å². The van der Waals surface area contributed by atoms with Crippen molar-refractivity contribution in [3.8, 4) is 11.5 Å². The topological polar surface area (TPSA) is 81.9 Å². The maximum atomic E-state index is 14.3. The van der Waals surface area contributed by atoms with E-state index >= 15 is 0 Å². The molecule has 0 saturated carbocycles. The van der Waals surface area contributed by atoms with Crippen LogP contribution in [0.15, 0.2) is 136 Å². The maximum Gasteiger partial charge on any atom is 0.271 e. The van der Waals surface area contributed by atoms with Crippen molar-refractivity contribution in [3.05, 3.63) is 168 Å². The first-order valence-corrected chi connectivity index (χ1v) is 16.5. The number of benzene rings is 5. The van der Waals surface area contributed by atoms with E-state index in [9.17, 15) is 9.59 Å². The molecule has 5 aromatic carbocycles. The number of para-hydroxylation sites is 1. The third kappa shape index (κ3) is 6.15. The van der Waals surface area contributed by atoms with Gasteiger partial charge in [-0.25, -0.2) is 4.99 Å². The molecule has 7 rings (SSSR count). The quantitative estimate of drug-likeness (QED) is 0.185. The van der Waals surface area contributed by atoms with Crippen molar-refractivity contribution in [1.82, 2.24) is 4.57 Å². The van der Waals surface area contributed by atoms with E-state index in [2.05, 4.69) is 23.5 Å². The van der Waals surface area contributed by atoms with Crippen LogP contribution < -0.4 is 29.7 Å². The van der Waals surface area contributed by atoms with Crippen molar-refractivity contribution in [2.24, 2.45) is 4.99 Å². The number of rotatable bonds is 8. The molecule has 238 valence electrons. The van der Waals surface area contributed by atoms with Gasteiger partial charge in [0, 0.05) is 16.3 Å². The minimum absolute atomic E-state index is 0.288. The highest BCUT2D eigenvalue weighted by molar-refractivity contribution is 7.07. The second-order valence-corrected chi connectivity index (χ2v) is 12.7. The molecule has 0 aliphatic carbocycles. The van der Waals surface area contributed by atoms with Crippen molar-refractivity contribution in [2.45, 2.75) is 19.6 Å². The molecule has 1 amide bonds. The second kappa shape index (κ2) is 13.4. The highest BCUT2D eigenvalue weighted by Crippen LogP contribution is 2.33. The van der Waals surface area contributed by atoms with Gasteiger partial charge in [0.1, 0.15) is 18.1 Å². The van der Waals surface area contributed by atoms with E-state index in [0.717, 1.165) is 21.9 Å². The van der Waals surface area contributed by atoms with E-state index in [1.807, 2.05) is 84.9 Å². The summed E-state index contributed by atoms with van der Waals surface area (Å²) in [7, 11) is 1.58. The second-order valence-electron chi connectivity index (χ2n) is 11.3. The van der Waals surface area contributed by atoms with E-state index in [-0.39, 0.29) is 11.5 Å². The van der Waals surface area contributed by atoms with Crippen LogP contribution in [-0.4, -0.2) is 17.6 Å². The predicted molar refractivity (Wildman–Crippen MR) is 192 cm³/mol. The number of hydrogen-bond acceptors (Lipinski definition) is 6. The maximum absolute atomic E-state index is 14.3. The molecule has 1 aromatic heterocycles. The Labute approximate surface area is 285 Å². The first-order valence-electron chi connectivity index (χ1n) is 15.3. The largest absolute Gasteiger partial charge is 0.497 e. The molecular formula is C39H30ClN3O4S. The molecule has 1 aliphatic rings. The number of thiazole rings is 1. The third-order valence-electron chi connectivity index (χ3n) is 8.23. The van der Waals surface area contributed by atoms with Crippen molar-refractivity contribution >= 4 is 51.4 Å². The molecule has 9 heteroatoms. The van der Waals surface area contributed by atoms with Crippen LogP contribution in [0.1, 0.15) is 29.7 Å². The Kier molecular flexibility index (Phi) is 8.67. The van der Waals surface area contributed by atoms with Crippen molar-refractivity contribution in [2.75, 3.05) is 12.4 Å². The summed E-state index contributed by atoms with van der Waals surface area (Å²) < 4.78 is 13.9. The molecule has 7 nitrogen and oxygen atoms in total. The molecule has 1 N–H and O–H groups in total. The summed E-state index contributed by atoms with van der Waals surface area (Å²) in [5.74, 6) is 0.851. The van der Waals surface area contributed by atoms with Gasteiger partial charge >= 0.3 is 0 Å². The van der Waals surface area contributed by atoms with Gasteiger partial charge in [0.25, 0.3) is 11.5 Å². The van der Waals surface area contributed by atoms with E-state index in [1.54, 1.807) is 36.8 Å². The molecular weight excluding hydrogens is 642 g/mol. The Morgan fingerprint density at radius 2 is 1.73 bits per heavy atom. The first-order chi connectivity index (χ1) is 23.4. The standard InChI is InChI=1S/C39H30ClN3O4S/c1-24-35(37(44)42-30-14-4-3-5-15-30)36(26-12-9-16-31(21-26)46-2)43-38(45)34(48-39(43)41-24)22-28-20-29(40)18-19-33(28)47-23-27-13-8-11-25-10-6-7-17-32(25)27/h3-22,36H,23H2,1-2H3,(H,42,44)/b34-22-/t36-/m1/s1. The SMILES string of the molecule is COc1cccc([C@@H]2C(C(=O)Nc3ccccc3)=C(C)N=c3s/c(=C\c4cc(Cl)ccc4OCc4cccc5ccccc45)c(=O)n32)c1. The van der Waals surface area contributed by atoms with E-state index in [4.69, 9.17) is 26.1 Å². The minimum atomic E-state index is -0.747. The summed E-state index contributed by atoms with van der Waals surface area (Å²) in [6.45, 7) is 2.13. The lowest BCUT2D eigenvalue weighted by atomic mass is 9.95. The molecule has 2 heterocycles. The van der Waals surface area contributed by atoms with Gasteiger partial charge in [-0.15, -0.1) is 0 Å². The Balaban J connectivity index is 1.31. The van der Waals surface area contributed by atoms with Crippen molar-refractivity contribution in [3.63, 3.8) is 0 Å². The number of methoxy groups -OCH3 is 1. The number of halogens is 1. The Morgan fingerprint density at radius 3 is 2.56 bits per heavy atom. The average Bonchev–Trinajstić information content (AvgIpc) is 3.41. The lowest BCUT2D eigenvalue weighted by Gasteiger charge is -2.25. The van der Waals surface area contributed by atoms with Gasteiger partial charge in [-0.1, -0.05) is 95.7 Å². The van der Waals surface area contributed by atoms with Gasteiger partial charge in [-0.2, -0.15) is 0 Å². The highest BCUT2D eigenvalue weighted by atomic mass is 35.5. The van der Waals surface area contributed by atoms with Crippen LogP contribution in [0.4, 0.5) is 5.69 Å². The minimum Gasteiger partial charge on any atom is -0.497 e. The Bertz CT molecular complexity index is 2390. The molecule has 0 saturated heterocycles. The Morgan fingerprint density at radius 1 is 0.958 bits per heavy atom. The van der Waals surface area contributed by atoms with Crippen LogP contribution in [0.5, 0.6) is 11.5 Å². The summed E-state index contributed by atoms with van der Waals surface area (Å²) >= 11 is 7.70. The van der Waals surface area contributed by atoms with Crippen molar-refractivity contribution < 1.29 is 14.3 Å². The zero-order valence-electron chi connectivity index (χ0n) is 26.1. The fraction of sp³-hybridized carbons (Fsp3) is 0.103. The molecule has 0 bridgehead atoms. The summed E-state index contributed by atoms with van der Waals surface area (Å²) in [6, 6.07) is 35.5. The summed E-state index contributed by atoms with van der Waals surface area (Å²) in [4.78, 5) is 33.5. The number of anilines is 1. The average molecular weight is 672 g/mol. The molecule has 0 unspecified atom stereocenters. The van der Waals surface area contributed by atoms with Gasteiger partial charge in [0.05, 0.1) is 29.0 Å². The lowest BCUT2D eigenvalue weighted by molar-refractivity contribution is -0.113. The van der Waals surface area contributed by atoms with Gasteiger partial charge in [0.15, 0.2) is 4.80 Å². The number of aromatic nitrogens is 1. The van der Waals surface area contributed by atoms with E-state index < -0.39 is 6.04 Å².